The van der Waals surface area contributed by atoms with E-state index >= 15 is 0 Å². The molecule has 0 aliphatic rings. The molecule has 0 spiro atoms. The van der Waals surface area contributed by atoms with Gasteiger partial charge in [0.25, 0.3) is 0 Å². The second-order valence-corrected chi connectivity index (χ2v) is 5.10. The summed E-state index contributed by atoms with van der Waals surface area (Å²) in [5.41, 5.74) is 0. The zero-order valence-corrected chi connectivity index (χ0v) is 13.2. The van der Waals surface area contributed by atoms with Gasteiger partial charge in [-0.1, -0.05) is 66.7 Å². The molecule has 3 aromatic rings. The van der Waals surface area contributed by atoms with Gasteiger partial charge >= 0.3 is 0 Å². The molecule has 0 aliphatic heterocycles. The van der Waals surface area contributed by atoms with Gasteiger partial charge in [0.1, 0.15) is 11.5 Å². The summed E-state index contributed by atoms with van der Waals surface area (Å²) in [5.74, 6) is 0.644. The molecule has 22 heavy (non-hydrogen) atoms. The SMILES string of the molecule is O=[PH2]c1ccccc1.Oc1ccccc1.Oc1ccccc1. The van der Waals surface area contributed by atoms with Crippen molar-refractivity contribution in [2.24, 2.45) is 0 Å². The maximum Gasteiger partial charge on any atom is 0.115 e. The Kier molecular flexibility index (Phi) is 8.92. The molecule has 1 atom stereocenters. The third-order valence-electron chi connectivity index (χ3n) is 2.45. The standard InChI is InChI=1S/C6H7OP.2C6H6O/c7-8-6-4-2-1-3-5-6;2*7-6-4-2-1-3-5-6/h1-5H,8H2;2*1-5,7H. The van der Waals surface area contributed by atoms with E-state index in [1.807, 2.05) is 42.5 Å². The van der Waals surface area contributed by atoms with Crippen LogP contribution in [-0.4, -0.2) is 10.2 Å². The van der Waals surface area contributed by atoms with Gasteiger partial charge in [-0.15, -0.1) is 0 Å². The first-order valence-corrected chi connectivity index (χ1v) is 7.75. The van der Waals surface area contributed by atoms with Crippen LogP contribution >= 0.6 is 8.46 Å². The van der Waals surface area contributed by atoms with Gasteiger partial charge in [-0.2, -0.15) is 0 Å². The molecule has 0 radical (unpaired) electrons. The Labute approximate surface area is 131 Å². The molecular weight excluding hydrogens is 295 g/mol. The predicted molar refractivity (Wildman–Crippen MR) is 92.7 cm³/mol. The summed E-state index contributed by atoms with van der Waals surface area (Å²) in [5, 5.41) is 18.2. The Bertz CT molecular complexity index is 591. The van der Waals surface area contributed by atoms with Crippen LogP contribution in [0.1, 0.15) is 0 Å². The molecule has 0 aliphatic carbocycles. The van der Waals surface area contributed by atoms with Crippen LogP contribution in [0.25, 0.3) is 0 Å². The lowest BCUT2D eigenvalue weighted by molar-refractivity contribution is 0.475. The topological polar surface area (TPSA) is 57.5 Å². The Balaban J connectivity index is 0.000000166. The third-order valence-corrected chi connectivity index (χ3v) is 3.11. The van der Waals surface area contributed by atoms with E-state index in [9.17, 15) is 4.57 Å². The van der Waals surface area contributed by atoms with E-state index in [1.165, 1.54) is 0 Å². The van der Waals surface area contributed by atoms with Crippen LogP contribution in [0.5, 0.6) is 11.5 Å². The summed E-state index contributed by atoms with van der Waals surface area (Å²) >= 11 is 0. The second-order valence-electron chi connectivity index (χ2n) is 4.20. The van der Waals surface area contributed by atoms with Gasteiger partial charge in [0.05, 0.1) is 8.46 Å². The number of rotatable bonds is 1. The molecule has 3 aromatic carbocycles. The minimum absolute atomic E-state index is 0.322. The lowest BCUT2D eigenvalue weighted by Gasteiger charge is -1.82. The van der Waals surface area contributed by atoms with Crippen LogP contribution in [0, 0.1) is 0 Å². The molecule has 1 unspecified atom stereocenters. The highest BCUT2D eigenvalue weighted by atomic mass is 31.1. The van der Waals surface area contributed by atoms with Gasteiger partial charge in [-0.05, 0) is 24.3 Å². The first-order chi connectivity index (χ1) is 10.7. The zero-order valence-electron chi connectivity index (χ0n) is 12.0. The van der Waals surface area contributed by atoms with E-state index in [4.69, 9.17) is 10.2 Å². The van der Waals surface area contributed by atoms with Gasteiger partial charge < -0.3 is 14.8 Å². The average Bonchev–Trinajstić information content (AvgIpc) is 2.58. The smallest absolute Gasteiger partial charge is 0.115 e. The van der Waals surface area contributed by atoms with E-state index in [-0.39, 0.29) is 0 Å². The fraction of sp³-hybridized carbons (Fsp3) is 0. The Morgan fingerprint density at radius 1 is 0.545 bits per heavy atom. The summed E-state index contributed by atoms with van der Waals surface area (Å²) < 4.78 is 10.2. The van der Waals surface area contributed by atoms with Crippen LogP contribution < -0.4 is 5.30 Å². The van der Waals surface area contributed by atoms with Crippen LogP contribution in [0.15, 0.2) is 91.0 Å². The first kappa shape index (κ1) is 17.5. The van der Waals surface area contributed by atoms with E-state index in [0.29, 0.717) is 11.5 Å². The second kappa shape index (κ2) is 11.2. The van der Waals surface area contributed by atoms with E-state index in [0.717, 1.165) is 5.30 Å². The van der Waals surface area contributed by atoms with Crippen LogP contribution in [-0.2, 0) is 4.57 Å². The Morgan fingerprint density at radius 3 is 1.05 bits per heavy atom. The largest absolute Gasteiger partial charge is 0.508 e. The van der Waals surface area contributed by atoms with Crippen molar-refractivity contribution >= 4 is 13.8 Å². The lowest BCUT2D eigenvalue weighted by atomic mass is 10.3. The predicted octanol–water partition coefficient (Wildman–Crippen LogP) is 3.85. The first-order valence-electron chi connectivity index (χ1n) is 6.70. The number of hydrogen-bond donors (Lipinski definition) is 2. The van der Waals surface area contributed by atoms with Gasteiger partial charge in [-0.25, -0.2) is 0 Å². The van der Waals surface area contributed by atoms with Crippen LogP contribution in [0.2, 0.25) is 0 Å². The van der Waals surface area contributed by atoms with Crippen LogP contribution in [0.4, 0.5) is 0 Å². The quantitative estimate of drug-likeness (QED) is 0.671. The third kappa shape index (κ3) is 8.62. The number of benzene rings is 3. The highest BCUT2D eigenvalue weighted by Gasteiger charge is 1.78. The van der Waals surface area contributed by atoms with Crippen molar-refractivity contribution < 1.29 is 14.8 Å². The highest BCUT2D eigenvalue weighted by Crippen LogP contribution is 2.03. The molecule has 3 nitrogen and oxygen atoms in total. The summed E-state index contributed by atoms with van der Waals surface area (Å²) in [4.78, 5) is 0. The molecule has 2 N–H and O–H groups in total. The van der Waals surface area contributed by atoms with Crippen molar-refractivity contribution in [3.8, 4) is 11.5 Å². The average molecular weight is 314 g/mol. The monoisotopic (exact) mass is 314 g/mol. The number of hydrogen-bond acceptors (Lipinski definition) is 3. The van der Waals surface area contributed by atoms with Crippen molar-refractivity contribution in [2.75, 3.05) is 0 Å². The fourth-order valence-electron chi connectivity index (χ4n) is 1.39. The number of para-hydroxylation sites is 2. The van der Waals surface area contributed by atoms with Gasteiger partial charge in [0, 0.05) is 5.30 Å². The van der Waals surface area contributed by atoms with E-state index < -0.39 is 8.46 Å². The van der Waals surface area contributed by atoms with E-state index in [1.54, 1.807) is 48.5 Å². The van der Waals surface area contributed by atoms with Gasteiger partial charge in [0.15, 0.2) is 0 Å². The summed E-state index contributed by atoms with van der Waals surface area (Å²) in [6, 6.07) is 26.8. The van der Waals surface area contributed by atoms with Gasteiger partial charge in [0.2, 0.25) is 0 Å². The normalized spacial score (nSPS) is 9.27. The lowest BCUT2D eigenvalue weighted by Crippen LogP contribution is -1.84. The molecule has 114 valence electrons. The molecule has 3 rings (SSSR count). The maximum atomic E-state index is 10.2. The summed E-state index contributed by atoms with van der Waals surface area (Å²) in [6.07, 6.45) is 0. The molecule has 0 bridgehead atoms. The van der Waals surface area contributed by atoms with Crippen molar-refractivity contribution in [1.29, 1.82) is 0 Å². The number of aromatic hydroxyl groups is 2. The molecule has 0 amide bonds. The molecule has 0 fully saturated rings. The molecule has 0 aromatic heterocycles. The Morgan fingerprint density at radius 2 is 0.864 bits per heavy atom. The van der Waals surface area contributed by atoms with Crippen molar-refractivity contribution in [3.63, 3.8) is 0 Å². The highest BCUT2D eigenvalue weighted by molar-refractivity contribution is 7.34. The summed E-state index contributed by atoms with van der Waals surface area (Å²) in [7, 11) is -0.739. The minimum Gasteiger partial charge on any atom is -0.508 e. The minimum atomic E-state index is -0.739. The van der Waals surface area contributed by atoms with Crippen molar-refractivity contribution in [2.45, 2.75) is 0 Å². The van der Waals surface area contributed by atoms with Gasteiger partial charge in [-0.3, -0.25) is 0 Å². The Hall–Kier alpha value is -2.51. The van der Waals surface area contributed by atoms with Crippen molar-refractivity contribution in [1.82, 2.24) is 0 Å². The van der Waals surface area contributed by atoms with Crippen molar-refractivity contribution in [3.05, 3.63) is 91.0 Å². The van der Waals surface area contributed by atoms with E-state index in [2.05, 4.69) is 0 Å². The molecule has 0 saturated carbocycles. The number of phenolic OH excluding ortho intramolecular Hbond substituents is 2. The summed E-state index contributed by atoms with van der Waals surface area (Å²) in [6.45, 7) is 0. The molecule has 0 heterocycles. The maximum absolute atomic E-state index is 10.2. The molecular formula is C18H19O3P. The molecule has 4 heteroatoms. The zero-order chi connectivity index (χ0) is 16.0. The van der Waals surface area contributed by atoms with Crippen LogP contribution in [0.3, 0.4) is 0 Å². The fourth-order valence-corrected chi connectivity index (χ4v) is 1.77. The number of phenols is 2. The molecule has 0 saturated heterocycles.